The van der Waals surface area contributed by atoms with Gasteiger partial charge in [0, 0.05) is 29.1 Å². The number of anilines is 1. The van der Waals surface area contributed by atoms with Gasteiger partial charge in [-0.15, -0.1) is 0 Å². The Morgan fingerprint density at radius 3 is 2.54 bits per heavy atom. The highest BCUT2D eigenvalue weighted by Gasteiger charge is 2.42. The molecule has 1 N–H and O–H groups in total. The van der Waals surface area contributed by atoms with Crippen molar-refractivity contribution in [1.29, 1.82) is 0 Å². The number of piperidine rings is 1. The van der Waals surface area contributed by atoms with Crippen LogP contribution < -0.4 is 4.90 Å². The summed E-state index contributed by atoms with van der Waals surface area (Å²) < 4.78 is 26.6. The molecule has 2 aliphatic heterocycles. The maximum Gasteiger partial charge on any atom is 0.337 e. The Bertz CT molecular complexity index is 1260. The van der Waals surface area contributed by atoms with E-state index in [0.717, 1.165) is 55.7 Å². The van der Waals surface area contributed by atoms with Gasteiger partial charge in [0.1, 0.15) is 23.1 Å². The van der Waals surface area contributed by atoms with Gasteiger partial charge in [-0.3, -0.25) is 0 Å². The molecule has 1 aromatic carbocycles. The number of benzene rings is 1. The number of fused-ring (bicyclic) bond motifs is 2. The van der Waals surface area contributed by atoms with Gasteiger partial charge in [0.2, 0.25) is 0 Å². The number of aromatic carboxylic acids is 1. The van der Waals surface area contributed by atoms with E-state index < -0.39 is 5.97 Å². The van der Waals surface area contributed by atoms with Gasteiger partial charge in [-0.1, -0.05) is 17.3 Å². The molecule has 2 unspecified atom stereocenters. The lowest BCUT2D eigenvalue weighted by atomic mass is 9.99. The van der Waals surface area contributed by atoms with Crippen molar-refractivity contribution in [1.82, 2.24) is 10.1 Å². The van der Waals surface area contributed by atoms with E-state index in [4.69, 9.17) is 9.26 Å². The third-order valence-electron chi connectivity index (χ3n) is 7.61. The summed E-state index contributed by atoms with van der Waals surface area (Å²) in [6, 6.07) is 10.7. The second-order valence-corrected chi connectivity index (χ2v) is 9.93. The van der Waals surface area contributed by atoms with Crippen LogP contribution in [0.3, 0.4) is 0 Å². The molecule has 6 rings (SSSR count). The van der Waals surface area contributed by atoms with Crippen molar-refractivity contribution >= 4 is 11.8 Å². The van der Waals surface area contributed by atoms with Crippen molar-refractivity contribution in [2.24, 2.45) is 0 Å². The molecule has 2 saturated heterocycles. The Kier molecular flexibility index (Phi) is 5.56. The smallest absolute Gasteiger partial charge is 0.337 e. The zero-order valence-corrected chi connectivity index (χ0v) is 19.6. The average molecular weight is 478 g/mol. The Morgan fingerprint density at radius 2 is 1.89 bits per heavy atom. The predicted octanol–water partition coefficient (Wildman–Crippen LogP) is 5.48. The van der Waals surface area contributed by atoms with Gasteiger partial charge < -0.3 is 19.3 Å². The summed E-state index contributed by atoms with van der Waals surface area (Å²) >= 11 is 0. The quantitative estimate of drug-likeness (QED) is 0.482. The molecule has 2 atom stereocenters. The Morgan fingerprint density at radius 1 is 1.14 bits per heavy atom. The van der Waals surface area contributed by atoms with E-state index in [2.05, 4.69) is 15.0 Å². The van der Waals surface area contributed by atoms with Crippen LogP contribution in [0.5, 0.6) is 0 Å². The van der Waals surface area contributed by atoms with Crippen LogP contribution in [0.15, 0.2) is 40.9 Å². The SMILES string of the molecule is Cc1nc(N2C3CCC2CC(OCc2c(-c4ccccc4F)noc2C2CC2)C3)ccc1C(=O)O. The third kappa shape index (κ3) is 4.10. The molecule has 2 bridgehead atoms. The van der Waals surface area contributed by atoms with Crippen molar-refractivity contribution in [2.75, 3.05) is 4.90 Å². The number of carboxylic acid groups (broad SMARTS) is 1. The number of hydrogen-bond donors (Lipinski definition) is 1. The van der Waals surface area contributed by atoms with Gasteiger partial charge in [-0.25, -0.2) is 14.2 Å². The molecule has 3 aliphatic rings. The summed E-state index contributed by atoms with van der Waals surface area (Å²) in [5.41, 5.74) is 2.64. The maximum absolute atomic E-state index is 14.5. The lowest BCUT2D eigenvalue weighted by Crippen LogP contribution is -2.46. The number of ether oxygens (including phenoxy) is 1. The average Bonchev–Trinajstić information content (AvgIpc) is 3.54. The molecule has 7 nitrogen and oxygen atoms in total. The molecular weight excluding hydrogens is 449 g/mol. The molecule has 2 aromatic heterocycles. The minimum atomic E-state index is -0.953. The zero-order chi connectivity index (χ0) is 24.1. The highest BCUT2D eigenvalue weighted by Crippen LogP contribution is 2.45. The number of nitrogens with zero attached hydrogens (tertiary/aromatic N) is 3. The minimum Gasteiger partial charge on any atom is -0.478 e. The number of carbonyl (C=O) groups is 1. The van der Waals surface area contributed by atoms with E-state index in [9.17, 15) is 14.3 Å². The van der Waals surface area contributed by atoms with Crippen LogP contribution in [0.25, 0.3) is 11.3 Å². The summed E-state index contributed by atoms with van der Waals surface area (Å²) in [6.07, 6.45) is 6.08. The molecule has 0 radical (unpaired) electrons. The summed E-state index contributed by atoms with van der Waals surface area (Å²) in [5.74, 6) is 0.762. The summed E-state index contributed by atoms with van der Waals surface area (Å²) in [4.78, 5) is 18.3. The fraction of sp³-hybridized carbons (Fsp3) is 0.444. The van der Waals surface area contributed by atoms with Crippen LogP contribution in [-0.4, -0.2) is 39.4 Å². The fourth-order valence-electron chi connectivity index (χ4n) is 5.75. The molecule has 0 amide bonds. The Balaban J connectivity index is 1.18. The van der Waals surface area contributed by atoms with Gasteiger partial charge in [0.15, 0.2) is 0 Å². The Hall–Kier alpha value is -3.26. The van der Waals surface area contributed by atoms with Gasteiger partial charge in [0.25, 0.3) is 0 Å². The molecule has 182 valence electrons. The highest BCUT2D eigenvalue weighted by atomic mass is 19.1. The van der Waals surface area contributed by atoms with Crippen LogP contribution in [0.2, 0.25) is 0 Å². The normalized spacial score (nSPS) is 23.6. The van der Waals surface area contributed by atoms with E-state index in [1.807, 2.05) is 6.07 Å². The summed E-state index contributed by atoms with van der Waals surface area (Å²) in [6.45, 7) is 2.10. The first-order valence-corrected chi connectivity index (χ1v) is 12.3. The van der Waals surface area contributed by atoms with Crippen molar-refractivity contribution in [3.8, 4) is 11.3 Å². The highest BCUT2D eigenvalue weighted by molar-refractivity contribution is 5.89. The number of carboxylic acids is 1. The van der Waals surface area contributed by atoms with Crippen molar-refractivity contribution < 1.29 is 23.6 Å². The summed E-state index contributed by atoms with van der Waals surface area (Å²) in [7, 11) is 0. The minimum absolute atomic E-state index is 0.0820. The topological polar surface area (TPSA) is 88.7 Å². The second kappa shape index (κ2) is 8.75. The Labute approximate surface area is 202 Å². The number of aromatic nitrogens is 2. The number of hydrogen-bond acceptors (Lipinski definition) is 6. The molecule has 1 aliphatic carbocycles. The van der Waals surface area contributed by atoms with E-state index in [1.165, 1.54) is 6.07 Å². The first kappa shape index (κ1) is 22.2. The number of aryl methyl sites for hydroxylation is 1. The van der Waals surface area contributed by atoms with Crippen LogP contribution in [0.4, 0.5) is 10.2 Å². The lowest BCUT2D eigenvalue weighted by molar-refractivity contribution is 0.0146. The van der Waals surface area contributed by atoms with Crippen LogP contribution >= 0.6 is 0 Å². The van der Waals surface area contributed by atoms with Gasteiger partial charge in [-0.05, 0) is 69.7 Å². The molecule has 0 spiro atoms. The van der Waals surface area contributed by atoms with Crippen LogP contribution in [-0.2, 0) is 11.3 Å². The maximum atomic E-state index is 14.5. The van der Waals surface area contributed by atoms with Crippen LogP contribution in [0.1, 0.15) is 71.8 Å². The van der Waals surface area contributed by atoms with E-state index >= 15 is 0 Å². The molecule has 1 saturated carbocycles. The molecular formula is C27H28FN3O4. The number of rotatable bonds is 7. The lowest BCUT2D eigenvalue weighted by Gasteiger charge is -2.39. The molecule has 8 heteroatoms. The standard InChI is InChI=1S/C27H28FN3O4/c1-15-20(27(32)33)10-11-24(29-15)31-17-8-9-18(31)13-19(12-17)34-14-22-25(21-4-2-3-5-23(21)28)30-35-26(22)16-6-7-16/h2-5,10-11,16-19H,6-9,12-14H2,1H3,(H,32,33). The summed E-state index contributed by atoms with van der Waals surface area (Å²) in [5, 5.41) is 13.6. The molecule has 4 heterocycles. The fourth-order valence-corrected chi connectivity index (χ4v) is 5.75. The predicted molar refractivity (Wildman–Crippen MR) is 127 cm³/mol. The van der Waals surface area contributed by atoms with E-state index in [1.54, 1.807) is 31.2 Å². The molecule has 3 fully saturated rings. The molecule has 3 aromatic rings. The van der Waals surface area contributed by atoms with Crippen molar-refractivity contribution in [3.05, 3.63) is 64.8 Å². The van der Waals surface area contributed by atoms with Gasteiger partial charge in [0.05, 0.1) is 24.0 Å². The van der Waals surface area contributed by atoms with E-state index in [0.29, 0.717) is 41.6 Å². The van der Waals surface area contributed by atoms with E-state index in [-0.39, 0.29) is 17.5 Å². The number of halogens is 1. The molecule has 35 heavy (non-hydrogen) atoms. The number of pyridine rings is 1. The second-order valence-electron chi connectivity index (χ2n) is 9.93. The van der Waals surface area contributed by atoms with Crippen molar-refractivity contribution in [3.63, 3.8) is 0 Å². The van der Waals surface area contributed by atoms with Gasteiger partial charge >= 0.3 is 5.97 Å². The van der Waals surface area contributed by atoms with Crippen LogP contribution in [0, 0.1) is 12.7 Å². The van der Waals surface area contributed by atoms with Gasteiger partial charge in [-0.2, -0.15) is 0 Å². The third-order valence-corrected chi connectivity index (χ3v) is 7.61. The van der Waals surface area contributed by atoms with Crippen molar-refractivity contribution in [2.45, 2.75) is 76.2 Å². The first-order chi connectivity index (χ1) is 17.0. The monoisotopic (exact) mass is 477 g/mol. The largest absolute Gasteiger partial charge is 0.478 e. The first-order valence-electron chi connectivity index (χ1n) is 12.3. The zero-order valence-electron chi connectivity index (χ0n) is 19.6.